The van der Waals surface area contributed by atoms with Gasteiger partial charge in [-0.2, -0.15) is 0 Å². The van der Waals surface area contributed by atoms with Crippen molar-refractivity contribution in [2.75, 3.05) is 26.2 Å². The minimum Gasteiger partial charge on any atom is -0.314 e. The molecular formula is C13H20BrCl2FN2. The largest absolute Gasteiger partial charge is 0.314 e. The van der Waals surface area contributed by atoms with Gasteiger partial charge in [0.1, 0.15) is 5.82 Å². The summed E-state index contributed by atoms with van der Waals surface area (Å²) >= 11 is 3.37. The minimum atomic E-state index is -0.170. The second-order valence-corrected chi connectivity index (χ2v) is 5.15. The van der Waals surface area contributed by atoms with Crippen LogP contribution in [0, 0.1) is 5.82 Å². The molecular weight excluding hydrogens is 354 g/mol. The third-order valence-corrected chi connectivity index (χ3v) is 4.16. The van der Waals surface area contributed by atoms with Crippen LogP contribution in [0.3, 0.4) is 0 Å². The van der Waals surface area contributed by atoms with E-state index in [9.17, 15) is 4.39 Å². The number of nitrogens with zero attached hydrogens (tertiary/aromatic N) is 1. The molecule has 0 bridgehead atoms. The quantitative estimate of drug-likeness (QED) is 0.867. The summed E-state index contributed by atoms with van der Waals surface area (Å²) in [7, 11) is 0. The Labute approximate surface area is 135 Å². The number of hydrogen-bond acceptors (Lipinski definition) is 2. The fraction of sp³-hybridized carbons (Fsp3) is 0.538. The maximum absolute atomic E-state index is 13.6. The maximum atomic E-state index is 13.6. The van der Waals surface area contributed by atoms with E-state index < -0.39 is 0 Å². The van der Waals surface area contributed by atoms with Gasteiger partial charge in [0.05, 0.1) is 4.47 Å². The van der Waals surface area contributed by atoms with Crippen molar-refractivity contribution in [1.29, 1.82) is 0 Å². The molecule has 19 heavy (non-hydrogen) atoms. The Hall–Kier alpha value is 0.130. The van der Waals surface area contributed by atoms with Crippen LogP contribution in [0.1, 0.15) is 24.9 Å². The first-order valence-electron chi connectivity index (χ1n) is 6.12. The number of nitrogens with one attached hydrogen (secondary N) is 1. The van der Waals surface area contributed by atoms with E-state index in [1.807, 2.05) is 6.07 Å². The summed E-state index contributed by atoms with van der Waals surface area (Å²) in [6.07, 6.45) is 1.00. The Balaban J connectivity index is 0.00000162. The summed E-state index contributed by atoms with van der Waals surface area (Å²) in [5.74, 6) is -0.170. The first-order valence-corrected chi connectivity index (χ1v) is 6.92. The number of hydrogen-bond donors (Lipinski definition) is 1. The Kier molecular flexibility index (Phi) is 9.20. The molecule has 1 saturated heterocycles. The normalized spacial score (nSPS) is 17.2. The average molecular weight is 374 g/mol. The van der Waals surface area contributed by atoms with Gasteiger partial charge >= 0.3 is 0 Å². The molecule has 2 rings (SSSR count). The van der Waals surface area contributed by atoms with Crippen LogP contribution in [0.5, 0.6) is 0 Å². The Morgan fingerprint density at radius 1 is 1.32 bits per heavy atom. The fourth-order valence-electron chi connectivity index (χ4n) is 2.45. The molecule has 0 unspecified atom stereocenters. The van der Waals surface area contributed by atoms with Gasteiger partial charge in [-0.25, -0.2) is 4.39 Å². The molecule has 6 heteroatoms. The lowest BCUT2D eigenvalue weighted by atomic mass is 10.0. The first-order chi connectivity index (χ1) is 8.24. The van der Waals surface area contributed by atoms with Gasteiger partial charge in [0.15, 0.2) is 0 Å². The van der Waals surface area contributed by atoms with Gasteiger partial charge in [0.25, 0.3) is 0 Å². The molecule has 0 aromatic heterocycles. The van der Waals surface area contributed by atoms with Crippen molar-refractivity contribution < 1.29 is 4.39 Å². The average Bonchev–Trinajstić information content (AvgIpc) is 2.37. The molecule has 2 nitrogen and oxygen atoms in total. The highest BCUT2D eigenvalue weighted by molar-refractivity contribution is 9.10. The lowest BCUT2D eigenvalue weighted by Crippen LogP contribution is -2.45. The highest BCUT2D eigenvalue weighted by atomic mass is 79.9. The van der Waals surface area contributed by atoms with E-state index in [0.29, 0.717) is 10.5 Å². The van der Waals surface area contributed by atoms with Crippen LogP contribution in [0.25, 0.3) is 0 Å². The Morgan fingerprint density at radius 2 is 1.95 bits per heavy atom. The van der Waals surface area contributed by atoms with Gasteiger partial charge in [0, 0.05) is 32.2 Å². The zero-order valence-corrected chi connectivity index (χ0v) is 14.1. The van der Waals surface area contributed by atoms with Crippen molar-refractivity contribution in [3.8, 4) is 0 Å². The van der Waals surface area contributed by atoms with Gasteiger partial charge < -0.3 is 5.32 Å². The smallest absolute Gasteiger partial charge is 0.137 e. The summed E-state index contributed by atoms with van der Waals surface area (Å²) < 4.78 is 14.2. The lowest BCUT2D eigenvalue weighted by Gasteiger charge is -2.35. The minimum absolute atomic E-state index is 0. The van der Waals surface area contributed by atoms with Crippen LogP contribution in [0.4, 0.5) is 4.39 Å². The highest BCUT2D eigenvalue weighted by Gasteiger charge is 2.23. The van der Waals surface area contributed by atoms with Crippen LogP contribution in [-0.2, 0) is 0 Å². The third-order valence-electron chi connectivity index (χ3n) is 3.32. The summed E-state index contributed by atoms with van der Waals surface area (Å²) in [5.41, 5.74) is 1.06. The van der Waals surface area contributed by atoms with Crippen LogP contribution < -0.4 is 5.32 Å². The Morgan fingerprint density at radius 3 is 2.53 bits per heavy atom. The lowest BCUT2D eigenvalue weighted by molar-refractivity contribution is 0.168. The SMILES string of the molecule is CC[C@H](c1cccc(F)c1Br)N1CCNCC1.Cl.Cl. The molecule has 1 aromatic carbocycles. The molecule has 0 saturated carbocycles. The molecule has 1 fully saturated rings. The summed E-state index contributed by atoms with van der Waals surface area (Å²) in [6, 6.07) is 5.61. The van der Waals surface area contributed by atoms with E-state index >= 15 is 0 Å². The predicted octanol–water partition coefficient (Wildman–Crippen LogP) is 3.79. The van der Waals surface area contributed by atoms with E-state index in [1.54, 1.807) is 6.07 Å². The van der Waals surface area contributed by atoms with Gasteiger partial charge in [-0.1, -0.05) is 19.1 Å². The molecule has 0 spiro atoms. The zero-order chi connectivity index (χ0) is 12.3. The van der Waals surface area contributed by atoms with Crippen LogP contribution in [-0.4, -0.2) is 31.1 Å². The standard InChI is InChI=1S/C13H18BrFN2.2ClH/c1-2-12(17-8-6-16-7-9-17)10-4-3-5-11(15)13(10)14;;/h3-5,12,16H,2,6-9H2,1H3;2*1H/t12-;;/m1../s1. The molecule has 1 heterocycles. The maximum Gasteiger partial charge on any atom is 0.137 e. The number of halogens is 4. The van der Waals surface area contributed by atoms with Gasteiger partial charge in [-0.15, -0.1) is 24.8 Å². The number of piperazine rings is 1. The molecule has 1 aromatic rings. The van der Waals surface area contributed by atoms with Crippen molar-refractivity contribution in [3.05, 3.63) is 34.1 Å². The third kappa shape index (κ3) is 4.57. The summed E-state index contributed by atoms with van der Waals surface area (Å²) in [5, 5.41) is 3.34. The van der Waals surface area contributed by atoms with E-state index in [1.165, 1.54) is 6.07 Å². The second kappa shape index (κ2) is 9.14. The van der Waals surface area contributed by atoms with Crippen LogP contribution in [0.15, 0.2) is 22.7 Å². The van der Waals surface area contributed by atoms with Crippen molar-refractivity contribution in [1.82, 2.24) is 10.2 Å². The summed E-state index contributed by atoms with van der Waals surface area (Å²) in [4.78, 5) is 2.43. The number of rotatable bonds is 3. The van der Waals surface area contributed by atoms with Crippen LogP contribution in [0.2, 0.25) is 0 Å². The molecule has 1 aliphatic heterocycles. The van der Waals surface area contributed by atoms with Crippen molar-refractivity contribution >= 4 is 40.7 Å². The second-order valence-electron chi connectivity index (χ2n) is 4.35. The van der Waals surface area contributed by atoms with Gasteiger partial charge in [0.2, 0.25) is 0 Å². The monoisotopic (exact) mass is 372 g/mol. The van der Waals surface area contributed by atoms with Crippen LogP contribution >= 0.6 is 40.7 Å². The van der Waals surface area contributed by atoms with E-state index in [0.717, 1.165) is 38.2 Å². The molecule has 0 amide bonds. The van der Waals surface area contributed by atoms with Gasteiger partial charge in [-0.3, -0.25) is 4.90 Å². The van der Waals surface area contributed by atoms with Gasteiger partial charge in [-0.05, 0) is 34.0 Å². The molecule has 1 atom stereocenters. The molecule has 110 valence electrons. The molecule has 1 N–H and O–H groups in total. The first kappa shape index (κ1) is 19.1. The topological polar surface area (TPSA) is 15.3 Å². The van der Waals surface area contributed by atoms with E-state index in [2.05, 4.69) is 33.1 Å². The molecule has 0 radical (unpaired) electrons. The van der Waals surface area contributed by atoms with Crippen molar-refractivity contribution in [2.45, 2.75) is 19.4 Å². The Bertz CT molecular complexity index is 387. The van der Waals surface area contributed by atoms with Crippen molar-refractivity contribution in [2.24, 2.45) is 0 Å². The van der Waals surface area contributed by atoms with E-state index in [4.69, 9.17) is 0 Å². The van der Waals surface area contributed by atoms with E-state index in [-0.39, 0.29) is 30.6 Å². The molecule has 0 aliphatic carbocycles. The molecule has 1 aliphatic rings. The highest BCUT2D eigenvalue weighted by Crippen LogP contribution is 2.32. The zero-order valence-electron chi connectivity index (χ0n) is 10.9. The summed E-state index contributed by atoms with van der Waals surface area (Å²) in [6.45, 7) is 6.25. The number of benzene rings is 1. The van der Waals surface area contributed by atoms with Crippen molar-refractivity contribution in [3.63, 3.8) is 0 Å². The predicted molar refractivity (Wildman–Crippen MR) is 86.1 cm³/mol. The fourth-order valence-corrected chi connectivity index (χ4v) is 2.98.